The Hall–Kier alpha value is -2.62. The monoisotopic (exact) mass is 300 g/mol. The normalized spacial score (nSPS) is 13.3. The van der Waals surface area contributed by atoms with Crippen LogP contribution >= 0.6 is 0 Å². The zero-order valence-corrected chi connectivity index (χ0v) is 13.3. The molecule has 4 nitrogen and oxygen atoms in total. The Morgan fingerprint density at radius 1 is 0.545 bits per heavy atom. The van der Waals surface area contributed by atoms with Gasteiger partial charge in [-0.1, -0.05) is 47.6 Å². The van der Waals surface area contributed by atoms with Crippen LogP contribution in [0.3, 0.4) is 0 Å². The first-order valence-electron chi connectivity index (χ1n) is 6.72. The molecule has 0 bridgehead atoms. The highest BCUT2D eigenvalue weighted by Crippen LogP contribution is 1.99. The van der Waals surface area contributed by atoms with E-state index >= 15 is 0 Å². The second-order valence-electron chi connectivity index (χ2n) is 4.71. The van der Waals surface area contributed by atoms with Crippen molar-refractivity contribution in [1.82, 2.24) is 0 Å². The van der Waals surface area contributed by atoms with E-state index in [2.05, 4.69) is 0 Å². The molecule has 0 radical (unpaired) electrons. The summed E-state index contributed by atoms with van der Waals surface area (Å²) in [5.74, 6) is -2.06. The molecule has 4 heteroatoms. The third kappa shape index (κ3) is 9.31. The van der Waals surface area contributed by atoms with Crippen molar-refractivity contribution < 1.29 is 19.2 Å². The van der Waals surface area contributed by atoms with Gasteiger partial charge in [-0.05, 0) is 26.0 Å². The van der Waals surface area contributed by atoms with Crippen molar-refractivity contribution in [1.29, 1.82) is 0 Å². The van der Waals surface area contributed by atoms with Crippen molar-refractivity contribution in [3.63, 3.8) is 0 Å². The lowest BCUT2D eigenvalue weighted by Crippen LogP contribution is -2.04. The molecule has 0 aliphatic carbocycles. The predicted octanol–water partition coefficient (Wildman–Crippen LogP) is 2.86. The third-order valence-corrected chi connectivity index (χ3v) is 2.52. The molecule has 116 valence electrons. The van der Waals surface area contributed by atoms with Crippen molar-refractivity contribution in [2.75, 3.05) is 0 Å². The van der Waals surface area contributed by atoms with Gasteiger partial charge in [0.25, 0.3) is 0 Å². The van der Waals surface area contributed by atoms with Gasteiger partial charge in [-0.2, -0.15) is 0 Å². The Kier molecular flexibility index (Phi) is 8.95. The first-order valence-corrected chi connectivity index (χ1v) is 6.72. The van der Waals surface area contributed by atoms with Crippen molar-refractivity contribution in [2.24, 2.45) is 0 Å². The first kappa shape index (κ1) is 19.4. The Morgan fingerprint density at radius 2 is 0.864 bits per heavy atom. The standard InChI is InChI=1S/C18H20O4/c1-13(9-11-17(21)15(3)19)7-5-6-8-14(2)10-12-18(22)16(4)20/h5-12H,1-4H3/b6-5+,11-9+,12-10+,13-7+,14-8+. The van der Waals surface area contributed by atoms with Gasteiger partial charge in [-0.25, -0.2) is 0 Å². The van der Waals surface area contributed by atoms with E-state index < -0.39 is 23.1 Å². The molecule has 0 fully saturated rings. The third-order valence-electron chi connectivity index (χ3n) is 2.52. The van der Waals surface area contributed by atoms with Gasteiger partial charge >= 0.3 is 0 Å². The van der Waals surface area contributed by atoms with E-state index in [1.807, 2.05) is 0 Å². The summed E-state index contributed by atoms with van der Waals surface area (Å²) in [4.78, 5) is 43.7. The molecule has 0 heterocycles. The molecule has 0 rings (SSSR count). The predicted molar refractivity (Wildman–Crippen MR) is 86.3 cm³/mol. The van der Waals surface area contributed by atoms with Crippen molar-refractivity contribution in [3.05, 3.63) is 59.8 Å². The van der Waals surface area contributed by atoms with Crippen molar-refractivity contribution in [2.45, 2.75) is 27.7 Å². The lowest BCUT2D eigenvalue weighted by molar-refractivity contribution is -0.132. The molecular formula is C18H20O4. The van der Waals surface area contributed by atoms with Crippen LogP contribution in [0.25, 0.3) is 0 Å². The number of Topliss-reactive ketones (excluding diaryl/α,β-unsaturated/α-hetero) is 2. The van der Waals surface area contributed by atoms with Crippen LogP contribution in [0, 0.1) is 0 Å². The average molecular weight is 300 g/mol. The number of hydrogen-bond donors (Lipinski definition) is 0. The maximum absolute atomic E-state index is 11.1. The maximum atomic E-state index is 11.1. The van der Waals surface area contributed by atoms with E-state index in [0.717, 1.165) is 11.1 Å². The number of hydrogen-bond acceptors (Lipinski definition) is 4. The molecule has 0 atom stereocenters. The van der Waals surface area contributed by atoms with Gasteiger partial charge in [0.15, 0.2) is 11.6 Å². The zero-order valence-electron chi connectivity index (χ0n) is 13.3. The molecule has 0 spiro atoms. The summed E-state index contributed by atoms with van der Waals surface area (Å²) >= 11 is 0. The fourth-order valence-electron chi connectivity index (χ4n) is 1.17. The van der Waals surface area contributed by atoms with E-state index in [-0.39, 0.29) is 0 Å². The van der Waals surface area contributed by atoms with Gasteiger partial charge in [0, 0.05) is 13.8 Å². The van der Waals surface area contributed by atoms with Crippen LogP contribution in [0.2, 0.25) is 0 Å². The number of carbonyl (C=O) groups excluding carboxylic acids is 4. The molecule has 0 aromatic carbocycles. The van der Waals surface area contributed by atoms with E-state index in [4.69, 9.17) is 0 Å². The summed E-state index contributed by atoms with van der Waals surface area (Å²) in [5, 5.41) is 0. The molecule has 0 aliphatic heterocycles. The van der Waals surface area contributed by atoms with Crippen LogP contribution in [-0.4, -0.2) is 23.1 Å². The molecular weight excluding hydrogens is 280 g/mol. The summed E-state index contributed by atoms with van der Waals surface area (Å²) in [5.41, 5.74) is 1.64. The fraction of sp³-hybridized carbons (Fsp3) is 0.222. The highest BCUT2D eigenvalue weighted by Gasteiger charge is 2.01. The summed E-state index contributed by atoms with van der Waals surface area (Å²) in [6, 6.07) is 0. The van der Waals surface area contributed by atoms with Crippen LogP contribution in [0.4, 0.5) is 0 Å². The van der Waals surface area contributed by atoms with E-state index in [1.165, 1.54) is 26.0 Å². The van der Waals surface area contributed by atoms with Crippen LogP contribution in [0.5, 0.6) is 0 Å². The molecule has 0 saturated heterocycles. The Labute approximate surface area is 130 Å². The minimum absolute atomic E-state index is 0.495. The minimum atomic E-state index is -0.534. The smallest absolute Gasteiger partial charge is 0.221 e. The number of rotatable bonds is 8. The van der Waals surface area contributed by atoms with Crippen LogP contribution in [0.1, 0.15) is 27.7 Å². The van der Waals surface area contributed by atoms with E-state index in [0.29, 0.717) is 0 Å². The van der Waals surface area contributed by atoms with Gasteiger partial charge in [0.05, 0.1) is 0 Å². The molecule has 0 unspecified atom stereocenters. The second-order valence-corrected chi connectivity index (χ2v) is 4.71. The van der Waals surface area contributed by atoms with Gasteiger partial charge < -0.3 is 0 Å². The van der Waals surface area contributed by atoms with E-state index in [1.54, 1.807) is 50.3 Å². The average Bonchev–Trinajstić information content (AvgIpc) is 2.46. The van der Waals surface area contributed by atoms with Crippen molar-refractivity contribution >= 4 is 23.1 Å². The topological polar surface area (TPSA) is 68.3 Å². The molecule has 0 amide bonds. The molecule has 0 N–H and O–H groups in total. The van der Waals surface area contributed by atoms with Crippen LogP contribution in [-0.2, 0) is 19.2 Å². The number of carbonyl (C=O) groups is 4. The highest BCUT2D eigenvalue weighted by atomic mass is 16.2. The lowest BCUT2D eigenvalue weighted by Gasteiger charge is -1.89. The number of ketones is 4. The lowest BCUT2D eigenvalue weighted by atomic mass is 10.2. The largest absolute Gasteiger partial charge is 0.291 e. The second kappa shape index (κ2) is 10.2. The highest BCUT2D eigenvalue weighted by molar-refractivity contribution is 6.41. The zero-order chi connectivity index (χ0) is 17.1. The fourth-order valence-corrected chi connectivity index (χ4v) is 1.17. The van der Waals surface area contributed by atoms with Gasteiger partial charge in [-0.3, -0.25) is 19.2 Å². The molecule has 0 aromatic rings. The van der Waals surface area contributed by atoms with Crippen molar-refractivity contribution in [3.8, 4) is 0 Å². The Morgan fingerprint density at radius 3 is 1.14 bits per heavy atom. The van der Waals surface area contributed by atoms with Crippen LogP contribution in [0.15, 0.2) is 59.8 Å². The van der Waals surface area contributed by atoms with Gasteiger partial charge in [0.1, 0.15) is 0 Å². The first-order chi connectivity index (χ1) is 10.2. The minimum Gasteiger partial charge on any atom is -0.291 e. The summed E-state index contributed by atoms with van der Waals surface area (Å²) in [6.45, 7) is 6.06. The van der Waals surface area contributed by atoms with E-state index in [9.17, 15) is 19.2 Å². The summed E-state index contributed by atoms with van der Waals surface area (Å²) in [6.07, 6.45) is 12.7. The van der Waals surface area contributed by atoms with Gasteiger partial charge in [-0.15, -0.1) is 0 Å². The molecule has 0 aromatic heterocycles. The SMILES string of the molecule is CC(=O)C(=O)/C=C/C(C)=C/C=C/C=C(C)/C=C/C(=O)C(C)=O. The summed E-state index contributed by atoms with van der Waals surface area (Å²) in [7, 11) is 0. The van der Waals surface area contributed by atoms with Crippen LogP contribution < -0.4 is 0 Å². The quantitative estimate of drug-likeness (QED) is 0.393. The number of allylic oxidation sites excluding steroid dienone is 10. The summed E-state index contributed by atoms with van der Waals surface area (Å²) < 4.78 is 0. The Bertz CT molecular complexity index is 557. The molecule has 22 heavy (non-hydrogen) atoms. The Balaban J connectivity index is 4.60. The molecule has 0 saturated carbocycles. The molecule has 0 aliphatic rings. The maximum Gasteiger partial charge on any atom is 0.221 e. The van der Waals surface area contributed by atoms with Gasteiger partial charge in [0.2, 0.25) is 11.6 Å².